The molecule has 0 bridgehead atoms. The summed E-state index contributed by atoms with van der Waals surface area (Å²) < 4.78 is 5.31. The Morgan fingerprint density at radius 1 is 0.759 bits per heavy atom. The average Bonchev–Trinajstić information content (AvgIpc) is 2.71. The van der Waals surface area contributed by atoms with Gasteiger partial charge in [0.25, 0.3) is 0 Å². The zero-order valence-corrected chi connectivity index (χ0v) is 18.6. The van der Waals surface area contributed by atoms with E-state index in [2.05, 4.69) is 19.1 Å². The number of ether oxygens (including phenoxy) is 1. The van der Waals surface area contributed by atoms with E-state index in [4.69, 9.17) is 4.74 Å². The van der Waals surface area contributed by atoms with Crippen LogP contribution >= 0.6 is 0 Å². The lowest BCUT2D eigenvalue weighted by molar-refractivity contribution is -0.134. The normalized spacial score (nSPS) is 11.1. The molecule has 0 aliphatic heterocycles. The number of unbranched alkanes of at least 4 members (excludes halogenated alkanes) is 11. The van der Waals surface area contributed by atoms with Crippen LogP contribution in [0, 0.1) is 0 Å². The van der Waals surface area contributed by atoms with Gasteiger partial charge in [-0.1, -0.05) is 70.4 Å². The molecule has 1 rings (SSSR count). The van der Waals surface area contributed by atoms with E-state index in [-0.39, 0.29) is 11.8 Å². The first-order chi connectivity index (χ1) is 14.1. The summed E-state index contributed by atoms with van der Waals surface area (Å²) in [5, 5.41) is 0. The molecule has 0 unspecified atom stereocenters. The second-order valence-electron chi connectivity index (χ2n) is 7.89. The van der Waals surface area contributed by atoms with E-state index in [9.17, 15) is 9.59 Å². The van der Waals surface area contributed by atoms with Gasteiger partial charge in [-0.15, -0.1) is 0 Å². The Morgan fingerprint density at radius 2 is 1.28 bits per heavy atom. The van der Waals surface area contributed by atoms with Gasteiger partial charge in [-0.25, -0.2) is 0 Å². The molecule has 0 aliphatic carbocycles. The van der Waals surface area contributed by atoms with Gasteiger partial charge in [0, 0.05) is 12.0 Å². The number of carbonyl (C=O) groups is 2. The van der Waals surface area contributed by atoms with Crippen molar-refractivity contribution in [3.05, 3.63) is 42.0 Å². The number of ketones is 1. The van der Waals surface area contributed by atoms with Crippen molar-refractivity contribution >= 4 is 11.8 Å². The number of rotatable bonds is 17. The van der Waals surface area contributed by atoms with E-state index in [1.807, 2.05) is 0 Å². The Balaban J connectivity index is 1.93. The van der Waals surface area contributed by atoms with Gasteiger partial charge in [-0.05, 0) is 63.3 Å². The van der Waals surface area contributed by atoms with Crippen molar-refractivity contribution in [1.82, 2.24) is 0 Å². The molecule has 0 saturated carbocycles. The van der Waals surface area contributed by atoms with Gasteiger partial charge >= 0.3 is 5.97 Å². The molecule has 0 atom stereocenters. The van der Waals surface area contributed by atoms with Crippen molar-refractivity contribution in [2.75, 3.05) is 0 Å². The zero-order chi connectivity index (χ0) is 21.2. The fourth-order valence-electron chi connectivity index (χ4n) is 3.28. The van der Waals surface area contributed by atoms with Gasteiger partial charge in [0.2, 0.25) is 0 Å². The number of hydrogen-bond acceptors (Lipinski definition) is 3. The van der Waals surface area contributed by atoms with Crippen molar-refractivity contribution in [1.29, 1.82) is 0 Å². The quantitative estimate of drug-likeness (QED) is 0.0879. The summed E-state index contributed by atoms with van der Waals surface area (Å²) in [5.74, 6) is 0.321. The predicted octanol–water partition coefficient (Wildman–Crippen LogP) is 7.83. The van der Waals surface area contributed by atoms with Gasteiger partial charge in [0.05, 0.1) is 0 Å². The number of carbonyl (C=O) groups excluding carboxylic acids is 2. The number of Topliss-reactive ketones (excluding diaryl/α,β-unsaturated/α-hetero) is 1. The highest BCUT2D eigenvalue weighted by Crippen LogP contribution is 2.15. The van der Waals surface area contributed by atoms with Crippen LogP contribution in [0.1, 0.15) is 114 Å². The Kier molecular flexibility index (Phi) is 14.7. The SMILES string of the molecule is CCCCCCCC/C=C\CCCCCCCC(=O)Oc1ccc(C(C)=O)cc1. The molecule has 29 heavy (non-hydrogen) atoms. The number of esters is 1. The van der Waals surface area contributed by atoms with Crippen LogP contribution in [0.15, 0.2) is 36.4 Å². The molecular formula is C26H40O3. The Labute approximate surface area is 177 Å². The standard InChI is InChI=1S/C26H40O3/c1-3-4-5-6-7-8-9-10-11-12-13-14-15-16-17-18-26(28)29-25-21-19-24(20-22-25)23(2)27/h10-11,19-22H,3-9,12-18H2,1-2H3/b11-10-. The van der Waals surface area contributed by atoms with Gasteiger partial charge in [0.15, 0.2) is 5.78 Å². The van der Waals surface area contributed by atoms with Crippen molar-refractivity contribution in [3.63, 3.8) is 0 Å². The number of allylic oxidation sites excluding steroid dienone is 2. The van der Waals surface area contributed by atoms with Crippen LogP contribution in [0.5, 0.6) is 5.75 Å². The first kappa shape index (κ1) is 25.1. The summed E-state index contributed by atoms with van der Waals surface area (Å²) in [6.07, 6.45) is 21.3. The smallest absolute Gasteiger partial charge is 0.311 e. The topological polar surface area (TPSA) is 43.4 Å². The Hall–Kier alpha value is -1.90. The molecule has 0 amide bonds. The van der Waals surface area contributed by atoms with Crippen LogP contribution in [0.3, 0.4) is 0 Å². The Morgan fingerprint density at radius 3 is 1.83 bits per heavy atom. The summed E-state index contributed by atoms with van der Waals surface area (Å²) >= 11 is 0. The van der Waals surface area contributed by atoms with Crippen molar-refractivity contribution in [2.45, 2.75) is 104 Å². The number of hydrogen-bond donors (Lipinski definition) is 0. The molecule has 3 heteroatoms. The zero-order valence-electron chi connectivity index (χ0n) is 18.6. The minimum absolute atomic E-state index is 0.0103. The van der Waals surface area contributed by atoms with Gasteiger partial charge in [-0.3, -0.25) is 9.59 Å². The third-order valence-corrected chi connectivity index (χ3v) is 5.14. The second-order valence-corrected chi connectivity index (χ2v) is 7.89. The lowest BCUT2D eigenvalue weighted by Crippen LogP contribution is -2.07. The molecule has 3 nitrogen and oxygen atoms in total. The van der Waals surface area contributed by atoms with Crippen LogP contribution in [0.25, 0.3) is 0 Å². The van der Waals surface area contributed by atoms with E-state index in [1.54, 1.807) is 24.3 Å². The summed E-state index contributed by atoms with van der Waals surface area (Å²) in [7, 11) is 0. The second kappa shape index (κ2) is 17.0. The van der Waals surface area contributed by atoms with Gasteiger partial charge in [-0.2, -0.15) is 0 Å². The largest absolute Gasteiger partial charge is 0.427 e. The molecular weight excluding hydrogens is 360 g/mol. The summed E-state index contributed by atoms with van der Waals surface area (Å²) in [4.78, 5) is 23.1. The Bertz CT molecular complexity index is 586. The fourth-order valence-corrected chi connectivity index (χ4v) is 3.28. The maximum absolute atomic E-state index is 11.9. The van der Waals surface area contributed by atoms with E-state index in [1.165, 1.54) is 77.6 Å². The molecule has 1 aromatic carbocycles. The molecule has 0 fully saturated rings. The summed E-state index contributed by atoms with van der Waals surface area (Å²) in [6.45, 7) is 3.78. The first-order valence-corrected chi connectivity index (χ1v) is 11.6. The maximum atomic E-state index is 11.9. The number of benzene rings is 1. The predicted molar refractivity (Wildman–Crippen MR) is 122 cm³/mol. The molecule has 0 aromatic heterocycles. The minimum Gasteiger partial charge on any atom is -0.427 e. The molecule has 1 aromatic rings. The average molecular weight is 401 g/mol. The van der Waals surface area contributed by atoms with Crippen LogP contribution in [-0.4, -0.2) is 11.8 Å². The van der Waals surface area contributed by atoms with Crippen molar-refractivity contribution in [3.8, 4) is 5.75 Å². The van der Waals surface area contributed by atoms with E-state index in [0.717, 1.165) is 12.8 Å². The van der Waals surface area contributed by atoms with Crippen LogP contribution in [-0.2, 0) is 4.79 Å². The minimum atomic E-state index is -0.196. The highest BCUT2D eigenvalue weighted by Gasteiger charge is 2.05. The maximum Gasteiger partial charge on any atom is 0.311 e. The van der Waals surface area contributed by atoms with E-state index < -0.39 is 0 Å². The molecule has 0 N–H and O–H groups in total. The molecule has 0 aliphatic rings. The summed E-state index contributed by atoms with van der Waals surface area (Å²) in [6, 6.07) is 6.73. The van der Waals surface area contributed by atoms with Crippen LogP contribution in [0.4, 0.5) is 0 Å². The fraction of sp³-hybridized carbons (Fsp3) is 0.615. The highest BCUT2D eigenvalue weighted by molar-refractivity contribution is 5.94. The van der Waals surface area contributed by atoms with Gasteiger partial charge < -0.3 is 4.74 Å². The van der Waals surface area contributed by atoms with E-state index >= 15 is 0 Å². The van der Waals surface area contributed by atoms with Crippen LogP contribution in [0.2, 0.25) is 0 Å². The van der Waals surface area contributed by atoms with Crippen molar-refractivity contribution < 1.29 is 14.3 Å². The van der Waals surface area contributed by atoms with Crippen molar-refractivity contribution in [2.24, 2.45) is 0 Å². The summed E-state index contributed by atoms with van der Waals surface area (Å²) in [5.41, 5.74) is 0.627. The third-order valence-electron chi connectivity index (χ3n) is 5.14. The van der Waals surface area contributed by atoms with Gasteiger partial charge in [0.1, 0.15) is 5.75 Å². The third kappa shape index (κ3) is 13.8. The lowest BCUT2D eigenvalue weighted by atomic mass is 10.1. The van der Waals surface area contributed by atoms with E-state index in [0.29, 0.717) is 17.7 Å². The lowest BCUT2D eigenvalue weighted by Gasteiger charge is -2.05. The molecule has 162 valence electrons. The molecule has 0 spiro atoms. The molecule has 0 heterocycles. The molecule has 0 saturated heterocycles. The van der Waals surface area contributed by atoms with Crippen LogP contribution < -0.4 is 4.74 Å². The highest BCUT2D eigenvalue weighted by atomic mass is 16.5. The monoisotopic (exact) mass is 400 g/mol. The first-order valence-electron chi connectivity index (χ1n) is 11.6. The molecule has 0 radical (unpaired) electrons.